The van der Waals surface area contributed by atoms with Crippen LogP contribution in [0.2, 0.25) is 0 Å². The molecule has 0 bridgehead atoms. The highest BCUT2D eigenvalue weighted by Crippen LogP contribution is 2.37. The van der Waals surface area contributed by atoms with Crippen LogP contribution in [0.5, 0.6) is 5.75 Å². The monoisotopic (exact) mass is 480 g/mol. The zero-order chi connectivity index (χ0) is 24.2. The second-order valence-electron chi connectivity index (χ2n) is 11.0. The van der Waals surface area contributed by atoms with Gasteiger partial charge in [0.15, 0.2) is 0 Å². The maximum absolute atomic E-state index is 6.44. The first kappa shape index (κ1) is 23.8. The summed E-state index contributed by atoms with van der Waals surface area (Å²) in [6.07, 6.45) is 10.4. The Balaban J connectivity index is 1.08. The van der Waals surface area contributed by atoms with Crippen LogP contribution in [0.25, 0.3) is 0 Å². The minimum atomic E-state index is 0.469. The number of ether oxygens (including phenoxy) is 1. The van der Waals surface area contributed by atoms with Crippen LogP contribution < -0.4 is 4.74 Å². The lowest BCUT2D eigenvalue weighted by Gasteiger charge is -2.39. The van der Waals surface area contributed by atoms with Gasteiger partial charge in [0.2, 0.25) is 0 Å². The van der Waals surface area contributed by atoms with E-state index in [9.17, 15) is 0 Å². The molecule has 0 aromatic heterocycles. The van der Waals surface area contributed by atoms with Gasteiger partial charge in [-0.25, -0.2) is 0 Å². The Morgan fingerprint density at radius 3 is 2.19 bits per heavy atom. The molecule has 3 heteroatoms. The quantitative estimate of drug-likeness (QED) is 0.357. The molecule has 1 saturated carbocycles. The molecule has 3 aliphatic rings. The van der Waals surface area contributed by atoms with E-state index in [0.717, 1.165) is 39.3 Å². The largest absolute Gasteiger partial charge is 0.477 e. The Bertz CT molecular complexity index is 1080. The van der Waals surface area contributed by atoms with Crippen molar-refractivity contribution in [2.45, 2.75) is 76.4 Å². The average molecular weight is 481 g/mol. The van der Waals surface area contributed by atoms with Gasteiger partial charge in [-0.05, 0) is 55.3 Å². The van der Waals surface area contributed by atoms with Crippen LogP contribution >= 0.6 is 0 Å². The molecule has 6 rings (SSSR count). The molecule has 2 heterocycles. The van der Waals surface area contributed by atoms with Crippen LogP contribution in [0, 0.1) is 0 Å². The van der Waals surface area contributed by atoms with Crippen LogP contribution in [-0.2, 0) is 19.5 Å². The molecule has 0 saturated heterocycles. The predicted molar refractivity (Wildman–Crippen MR) is 147 cm³/mol. The van der Waals surface area contributed by atoms with E-state index in [0.29, 0.717) is 12.0 Å². The van der Waals surface area contributed by atoms with Gasteiger partial charge in [0, 0.05) is 42.7 Å². The summed E-state index contributed by atoms with van der Waals surface area (Å²) in [5.41, 5.74) is 7.23. The SMILES string of the molecule is c1ccc(C(CCCN2CCc3c(ccc4c3OCN(C3CCCCC3)C4)C2)c2ccccc2)cc1. The number of rotatable bonds is 7. The van der Waals surface area contributed by atoms with E-state index in [4.69, 9.17) is 4.74 Å². The van der Waals surface area contributed by atoms with Gasteiger partial charge >= 0.3 is 0 Å². The highest BCUT2D eigenvalue weighted by Gasteiger charge is 2.29. The molecule has 0 radical (unpaired) electrons. The third-order valence-corrected chi connectivity index (χ3v) is 8.72. The first-order chi connectivity index (χ1) is 17.8. The fourth-order valence-corrected chi connectivity index (χ4v) is 6.73. The number of benzene rings is 3. The summed E-state index contributed by atoms with van der Waals surface area (Å²) >= 11 is 0. The van der Waals surface area contributed by atoms with E-state index in [1.807, 2.05) is 0 Å². The van der Waals surface area contributed by atoms with Crippen LogP contribution in [0.3, 0.4) is 0 Å². The summed E-state index contributed by atoms with van der Waals surface area (Å²) in [5.74, 6) is 1.68. The normalized spacial score (nSPS) is 19.0. The zero-order valence-corrected chi connectivity index (χ0v) is 21.6. The maximum Gasteiger partial charge on any atom is 0.142 e. The summed E-state index contributed by atoms with van der Waals surface area (Å²) in [4.78, 5) is 5.23. The second-order valence-corrected chi connectivity index (χ2v) is 11.0. The lowest BCUT2D eigenvalue weighted by atomic mass is 9.87. The molecular weight excluding hydrogens is 440 g/mol. The summed E-state index contributed by atoms with van der Waals surface area (Å²) in [6.45, 7) is 5.19. The second kappa shape index (κ2) is 11.2. The van der Waals surface area contributed by atoms with Crippen LogP contribution in [0.15, 0.2) is 72.8 Å². The fourth-order valence-electron chi connectivity index (χ4n) is 6.73. The van der Waals surface area contributed by atoms with E-state index in [1.165, 1.54) is 78.5 Å². The molecule has 3 aromatic carbocycles. The van der Waals surface area contributed by atoms with Gasteiger partial charge in [0.05, 0.1) is 0 Å². The molecule has 36 heavy (non-hydrogen) atoms. The molecule has 1 aliphatic carbocycles. The summed E-state index contributed by atoms with van der Waals surface area (Å²) in [5, 5.41) is 0. The summed E-state index contributed by atoms with van der Waals surface area (Å²) in [6, 6.07) is 27.5. The first-order valence-corrected chi connectivity index (χ1v) is 14.2. The molecule has 0 atom stereocenters. The zero-order valence-electron chi connectivity index (χ0n) is 21.6. The first-order valence-electron chi connectivity index (χ1n) is 14.2. The lowest BCUT2D eigenvalue weighted by molar-refractivity contribution is 0.0391. The fraction of sp³-hybridized carbons (Fsp3) is 0.455. The van der Waals surface area contributed by atoms with Gasteiger partial charge in [-0.2, -0.15) is 0 Å². The number of hydrogen-bond acceptors (Lipinski definition) is 3. The smallest absolute Gasteiger partial charge is 0.142 e. The molecule has 0 unspecified atom stereocenters. The van der Waals surface area contributed by atoms with Crippen molar-refractivity contribution in [3.63, 3.8) is 0 Å². The van der Waals surface area contributed by atoms with Crippen LogP contribution in [0.1, 0.15) is 78.7 Å². The molecule has 3 nitrogen and oxygen atoms in total. The third kappa shape index (κ3) is 5.23. The molecule has 0 N–H and O–H groups in total. The van der Waals surface area contributed by atoms with Crippen molar-refractivity contribution in [1.29, 1.82) is 0 Å². The minimum Gasteiger partial charge on any atom is -0.477 e. The van der Waals surface area contributed by atoms with E-state index in [-0.39, 0.29) is 0 Å². The molecule has 1 fully saturated rings. The van der Waals surface area contributed by atoms with Crippen molar-refractivity contribution in [2.75, 3.05) is 19.8 Å². The topological polar surface area (TPSA) is 15.7 Å². The van der Waals surface area contributed by atoms with Gasteiger partial charge < -0.3 is 4.74 Å². The third-order valence-electron chi connectivity index (χ3n) is 8.72. The Labute approximate surface area is 217 Å². The summed E-state index contributed by atoms with van der Waals surface area (Å²) in [7, 11) is 0. The van der Waals surface area contributed by atoms with E-state index < -0.39 is 0 Å². The predicted octanol–water partition coefficient (Wildman–Crippen LogP) is 7.14. The molecule has 2 aliphatic heterocycles. The molecule has 0 amide bonds. The number of nitrogens with zero attached hydrogens (tertiary/aromatic N) is 2. The molecular formula is C33H40N2O. The highest BCUT2D eigenvalue weighted by molar-refractivity contribution is 5.48. The standard InChI is InChI=1S/C33H40N2O/c1-4-11-26(12-5-1)31(27-13-6-2-7-14-27)17-10-21-34-22-20-32-28(23-34)18-19-29-24-35(25-36-33(29)32)30-15-8-3-9-16-30/h1-2,4-7,11-14,18-19,30-31H,3,8-10,15-17,20-25H2. The van der Waals surface area contributed by atoms with Crippen molar-refractivity contribution in [3.8, 4) is 5.75 Å². The van der Waals surface area contributed by atoms with Gasteiger partial charge in [0.1, 0.15) is 12.5 Å². The number of fused-ring (bicyclic) bond motifs is 3. The van der Waals surface area contributed by atoms with Crippen molar-refractivity contribution in [1.82, 2.24) is 9.80 Å². The van der Waals surface area contributed by atoms with Crippen molar-refractivity contribution < 1.29 is 4.74 Å². The Morgan fingerprint density at radius 1 is 0.778 bits per heavy atom. The number of hydrogen-bond donors (Lipinski definition) is 0. The van der Waals surface area contributed by atoms with Gasteiger partial charge in [-0.15, -0.1) is 0 Å². The van der Waals surface area contributed by atoms with E-state index >= 15 is 0 Å². The maximum atomic E-state index is 6.44. The Kier molecular flexibility index (Phi) is 7.39. The average Bonchev–Trinajstić information content (AvgIpc) is 2.96. The van der Waals surface area contributed by atoms with Gasteiger partial charge in [0.25, 0.3) is 0 Å². The van der Waals surface area contributed by atoms with Gasteiger partial charge in [-0.1, -0.05) is 92.1 Å². The van der Waals surface area contributed by atoms with Gasteiger partial charge in [-0.3, -0.25) is 9.80 Å². The Hall–Kier alpha value is -2.62. The van der Waals surface area contributed by atoms with Crippen molar-refractivity contribution in [2.24, 2.45) is 0 Å². The summed E-state index contributed by atoms with van der Waals surface area (Å²) < 4.78 is 6.44. The Morgan fingerprint density at radius 2 is 1.47 bits per heavy atom. The molecule has 188 valence electrons. The molecule has 3 aromatic rings. The molecule has 0 spiro atoms. The van der Waals surface area contributed by atoms with Crippen LogP contribution in [0.4, 0.5) is 0 Å². The van der Waals surface area contributed by atoms with Crippen molar-refractivity contribution >= 4 is 0 Å². The lowest BCUT2D eigenvalue weighted by Crippen LogP contribution is -2.42. The van der Waals surface area contributed by atoms with Crippen molar-refractivity contribution in [3.05, 3.63) is 101 Å². The highest BCUT2D eigenvalue weighted by atomic mass is 16.5. The van der Waals surface area contributed by atoms with Crippen LogP contribution in [-0.4, -0.2) is 35.7 Å². The minimum absolute atomic E-state index is 0.469. The van der Waals surface area contributed by atoms with E-state index in [2.05, 4.69) is 82.6 Å². The van der Waals surface area contributed by atoms with E-state index in [1.54, 1.807) is 0 Å².